The number of hydrogen-bond donors (Lipinski definition) is 2. The minimum Gasteiger partial charge on any atom is -0.411 e. The summed E-state index contributed by atoms with van der Waals surface area (Å²) in [6.45, 7) is 4.78. The van der Waals surface area contributed by atoms with Crippen molar-refractivity contribution in [1.82, 2.24) is 0 Å². The first-order valence-corrected chi connectivity index (χ1v) is 9.13. The van der Waals surface area contributed by atoms with E-state index < -0.39 is 0 Å². The molecule has 0 aromatic rings. The van der Waals surface area contributed by atoms with Crippen LogP contribution in [0.25, 0.3) is 0 Å². The third-order valence-corrected chi connectivity index (χ3v) is 8.05. The van der Waals surface area contributed by atoms with E-state index in [4.69, 9.17) is 5.21 Å². The van der Waals surface area contributed by atoms with Crippen molar-refractivity contribution in [3.05, 3.63) is 12.2 Å². The van der Waals surface area contributed by atoms with Gasteiger partial charge in [-0.2, -0.15) is 0 Å². The predicted octanol–water partition coefficient (Wildman–Crippen LogP) is 4.47. The summed E-state index contributed by atoms with van der Waals surface area (Å²) in [6, 6.07) is 0. The highest BCUT2D eigenvalue weighted by Gasteiger charge is 2.58. The van der Waals surface area contributed by atoms with E-state index in [0.717, 1.165) is 43.0 Å². The van der Waals surface area contributed by atoms with Gasteiger partial charge in [0, 0.05) is 5.41 Å². The average Bonchev–Trinajstić information content (AvgIpc) is 2.90. The van der Waals surface area contributed by atoms with Crippen LogP contribution in [0.1, 0.15) is 58.8 Å². The molecule has 23 heavy (non-hydrogen) atoms. The fourth-order valence-corrected chi connectivity index (χ4v) is 6.59. The van der Waals surface area contributed by atoms with E-state index >= 15 is 0 Å². The maximum atomic E-state index is 9.36. The lowest BCUT2D eigenvalue weighted by Gasteiger charge is -2.59. The van der Waals surface area contributed by atoms with E-state index in [9.17, 15) is 5.21 Å². The van der Waals surface area contributed by atoms with Crippen molar-refractivity contribution >= 4 is 11.4 Å². The molecule has 3 fully saturated rings. The van der Waals surface area contributed by atoms with Crippen LogP contribution in [-0.4, -0.2) is 21.8 Å². The molecule has 4 heteroatoms. The van der Waals surface area contributed by atoms with Crippen molar-refractivity contribution < 1.29 is 10.4 Å². The first-order valence-electron chi connectivity index (χ1n) is 9.13. The van der Waals surface area contributed by atoms with Crippen LogP contribution < -0.4 is 0 Å². The fraction of sp³-hybridized carbons (Fsp3) is 0.789. The highest BCUT2D eigenvalue weighted by atomic mass is 16.4. The third kappa shape index (κ3) is 1.96. The summed E-state index contributed by atoms with van der Waals surface area (Å²) in [5.41, 5.74) is 2.30. The van der Waals surface area contributed by atoms with Gasteiger partial charge in [-0.1, -0.05) is 30.2 Å². The molecule has 4 aliphatic carbocycles. The van der Waals surface area contributed by atoms with Crippen molar-refractivity contribution in [2.24, 2.45) is 44.8 Å². The van der Waals surface area contributed by atoms with Gasteiger partial charge in [0.05, 0.1) is 11.4 Å². The summed E-state index contributed by atoms with van der Waals surface area (Å²) in [7, 11) is 0. The van der Waals surface area contributed by atoms with Crippen molar-refractivity contribution in [2.75, 3.05) is 0 Å². The number of oxime groups is 2. The minimum absolute atomic E-state index is 0.0332. The summed E-state index contributed by atoms with van der Waals surface area (Å²) < 4.78 is 0. The number of nitrogens with zero attached hydrogens (tertiary/aromatic N) is 2. The number of allylic oxidation sites excluding steroid dienone is 2. The summed E-state index contributed by atoms with van der Waals surface area (Å²) in [5, 5.41) is 25.6. The predicted molar refractivity (Wildman–Crippen MR) is 90.1 cm³/mol. The van der Waals surface area contributed by atoms with E-state index in [1.54, 1.807) is 0 Å². The smallest absolute Gasteiger partial charge is 0.0857 e. The Kier molecular flexibility index (Phi) is 3.37. The minimum atomic E-state index is 0.0332. The van der Waals surface area contributed by atoms with E-state index in [2.05, 4.69) is 36.3 Å². The summed E-state index contributed by atoms with van der Waals surface area (Å²) in [4.78, 5) is 0. The molecular formula is C19H28N2O2. The molecule has 126 valence electrons. The Labute approximate surface area is 138 Å². The highest BCUT2D eigenvalue weighted by molar-refractivity contribution is 6.02. The average molecular weight is 316 g/mol. The second-order valence-electron chi connectivity index (χ2n) is 8.75. The molecule has 0 aromatic carbocycles. The van der Waals surface area contributed by atoms with Gasteiger partial charge in [-0.3, -0.25) is 0 Å². The van der Waals surface area contributed by atoms with Gasteiger partial charge in [0.2, 0.25) is 0 Å². The molecule has 0 radical (unpaired) electrons. The molecule has 1 unspecified atom stereocenters. The van der Waals surface area contributed by atoms with Gasteiger partial charge in [0.15, 0.2) is 0 Å². The lowest BCUT2D eigenvalue weighted by atomic mass is 9.45. The van der Waals surface area contributed by atoms with Gasteiger partial charge < -0.3 is 10.4 Å². The SMILES string of the molecule is C[C@]12CCC(=NO)CC1CC[C@@H]1[C@@H]2CC[C@]2(C)C(=NO)C=C[C@@H]12. The Morgan fingerprint density at radius 1 is 1.09 bits per heavy atom. The summed E-state index contributed by atoms with van der Waals surface area (Å²) in [5.74, 6) is 2.65. The molecule has 0 aliphatic heterocycles. The van der Waals surface area contributed by atoms with Gasteiger partial charge in [-0.05, 0) is 80.1 Å². The molecule has 0 heterocycles. The van der Waals surface area contributed by atoms with Gasteiger partial charge >= 0.3 is 0 Å². The van der Waals surface area contributed by atoms with E-state index in [-0.39, 0.29) is 5.41 Å². The van der Waals surface area contributed by atoms with Gasteiger partial charge in [-0.15, -0.1) is 0 Å². The maximum absolute atomic E-state index is 9.36. The number of fused-ring (bicyclic) bond motifs is 5. The Morgan fingerprint density at radius 2 is 1.91 bits per heavy atom. The van der Waals surface area contributed by atoms with Crippen molar-refractivity contribution in [3.63, 3.8) is 0 Å². The second-order valence-corrected chi connectivity index (χ2v) is 8.75. The molecule has 0 spiro atoms. The zero-order valence-corrected chi connectivity index (χ0v) is 14.2. The molecule has 0 saturated heterocycles. The van der Waals surface area contributed by atoms with Gasteiger partial charge in [-0.25, -0.2) is 0 Å². The normalized spacial score (nSPS) is 52.3. The molecule has 6 atom stereocenters. The Bertz CT molecular complexity index is 596. The molecule has 4 rings (SSSR count). The first-order chi connectivity index (χ1) is 11.0. The van der Waals surface area contributed by atoms with E-state index in [0.29, 0.717) is 23.2 Å². The zero-order chi connectivity index (χ0) is 16.2. The molecule has 0 amide bonds. The highest BCUT2D eigenvalue weighted by Crippen LogP contribution is 2.64. The lowest BCUT2D eigenvalue weighted by molar-refractivity contribution is -0.0721. The van der Waals surface area contributed by atoms with Crippen LogP contribution in [0.2, 0.25) is 0 Å². The Balaban J connectivity index is 1.64. The fourth-order valence-electron chi connectivity index (χ4n) is 6.59. The largest absolute Gasteiger partial charge is 0.411 e. The van der Waals surface area contributed by atoms with Gasteiger partial charge in [0.1, 0.15) is 0 Å². The molecule has 0 aromatic heterocycles. The molecule has 3 saturated carbocycles. The summed E-state index contributed by atoms with van der Waals surface area (Å²) in [6.07, 6.45) is 12.3. The first kappa shape index (κ1) is 15.2. The molecular weight excluding hydrogens is 288 g/mol. The van der Waals surface area contributed by atoms with Crippen LogP contribution in [0, 0.1) is 34.5 Å². The quantitative estimate of drug-likeness (QED) is 0.511. The van der Waals surface area contributed by atoms with Crippen molar-refractivity contribution in [3.8, 4) is 0 Å². The second kappa shape index (κ2) is 5.09. The summed E-state index contributed by atoms with van der Waals surface area (Å²) >= 11 is 0. The number of rotatable bonds is 0. The molecule has 0 bridgehead atoms. The molecule has 4 nitrogen and oxygen atoms in total. The van der Waals surface area contributed by atoms with Crippen LogP contribution in [0.3, 0.4) is 0 Å². The van der Waals surface area contributed by atoms with Gasteiger partial charge in [0.25, 0.3) is 0 Å². The molecule has 4 aliphatic rings. The lowest BCUT2D eigenvalue weighted by Crippen LogP contribution is -2.53. The topological polar surface area (TPSA) is 65.2 Å². The monoisotopic (exact) mass is 316 g/mol. The van der Waals surface area contributed by atoms with Crippen LogP contribution in [0.4, 0.5) is 0 Å². The third-order valence-electron chi connectivity index (χ3n) is 8.05. The van der Waals surface area contributed by atoms with Crippen molar-refractivity contribution in [1.29, 1.82) is 0 Å². The maximum Gasteiger partial charge on any atom is 0.0857 e. The van der Waals surface area contributed by atoms with Crippen LogP contribution in [-0.2, 0) is 0 Å². The Morgan fingerprint density at radius 3 is 2.65 bits per heavy atom. The van der Waals surface area contributed by atoms with E-state index in [1.807, 2.05) is 0 Å². The van der Waals surface area contributed by atoms with Crippen LogP contribution in [0.5, 0.6) is 0 Å². The Hall–Kier alpha value is -1.32. The van der Waals surface area contributed by atoms with Crippen LogP contribution in [0.15, 0.2) is 22.5 Å². The zero-order valence-electron chi connectivity index (χ0n) is 14.2. The van der Waals surface area contributed by atoms with E-state index in [1.165, 1.54) is 19.3 Å². The standard InChI is InChI=1S/C19H28N2O2/c1-18-9-7-13(20-22)11-12(18)3-4-14-15-5-6-17(21-23)19(15,2)10-8-16(14)18/h5-6,12,14-16,22-23H,3-4,7-11H2,1-2H3/t12?,14-,15-,16-,18-,19-/m0/s1. The van der Waals surface area contributed by atoms with Crippen molar-refractivity contribution in [2.45, 2.75) is 58.8 Å². The molecule has 2 N–H and O–H groups in total. The van der Waals surface area contributed by atoms with Crippen LogP contribution >= 0.6 is 0 Å². The number of hydrogen-bond acceptors (Lipinski definition) is 4.